The standard InChI is InChI=1S/C15H16N4O4/c1-9(15(22)23)18-14(21)11(7-16)8-19(10(2)20)13-5-3-4-12(17)6-13/h3-6,8-9H,17H2,1-2H3,(H,18,21)(H,22,23)/b11-8-. The van der Waals surface area contributed by atoms with Crippen LogP contribution in [0.5, 0.6) is 0 Å². The van der Waals surface area contributed by atoms with Crippen LogP contribution >= 0.6 is 0 Å². The normalized spacial score (nSPS) is 12.0. The summed E-state index contributed by atoms with van der Waals surface area (Å²) in [6.07, 6.45) is 1.04. The number of nitrogens with two attached hydrogens (primary N) is 1. The van der Waals surface area contributed by atoms with Crippen molar-refractivity contribution in [2.75, 3.05) is 10.6 Å². The SMILES string of the molecule is CC(=O)N(/C=C(/C#N)C(=O)NC(C)C(=O)O)c1cccc(N)c1. The van der Waals surface area contributed by atoms with E-state index in [1.165, 1.54) is 19.9 Å². The molecule has 8 nitrogen and oxygen atoms in total. The molecule has 1 unspecified atom stereocenters. The molecule has 2 amide bonds. The zero-order chi connectivity index (χ0) is 17.6. The smallest absolute Gasteiger partial charge is 0.325 e. The minimum absolute atomic E-state index is 0.379. The summed E-state index contributed by atoms with van der Waals surface area (Å²) >= 11 is 0. The van der Waals surface area contributed by atoms with E-state index in [2.05, 4.69) is 5.32 Å². The molecular formula is C15H16N4O4. The number of nitriles is 1. The number of hydrogen-bond donors (Lipinski definition) is 3. The minimum Gasteiger partial charge on any atom is -0.480 e. The molecule has 0 spiro atoms. The zero-order valence-electron chi connectivity index (χ0n) is 12.6. The van der Waals surface area contributed by atoms with Crippen molar-refractivity contribution in [3.63, 3.8) is 0 Å². The van der Waals surface area contributed by atoms with Gasteiger partial charge in [0.2, 0.25) is 5.91 Å². The molecule has 8 heteroatoms. The van der Waals surface area contributed by atoms with Gasteiger partial charge in [-0.25, -0.2) is 0 Å². The van der Waals surface area contributed by atoms with E-state index in [-0.39, 0.29) is 0 Å². The number of nitrogens with one attached hydrogen (secondary N) is 1. The third-order valence-corrected chi connectivity index (χ3v) is 2.83. The van der Waals surface area contributed by atoms with Crippen LogP contribution in [-0.2, 0) is 14.4 Å². The maximum absolute atomic E-state index is 11.9. The van der Waals surface area contributed by atoms with Gasteiger partial charge in [-0.15, -0.1) is 0 Å². The molecule has 0 radical (unpaired) electrons. The maximum atomic E-state index is 11.9. The van der Waals surface area contributed by atoms with Crippen molar-refractivity contribution in [2.24, 2.45) is 0 Å². The Morgan fingerprint density at radius 3 is 2.57 bits per heavy atom. The van der Waals surface area contributed by atoms with Crippen molar-refractivity contribution in [3.8, 4) is 6.07 Å². The number of carboxylic acid groups (broad SMARTS) is 1. The molecule has 1 rings (SSSR count). The Hall–Kier alpha value is -3.34. The van der Waals surface area contributed by atoms with Gasteiger partial charge in [0, 0.05) is 18.8 Å². The average molecular weight is 316 g/mol. The largest absolute Gasteiger partial charge is 0.480 e. The van der Waals surface area contributed by atoms with E-state index in [1.54, 1.807) is 24.3 Å². The van der Waals surface area contributed by atoms with Gasteiger partial charge in [0.25, 0.3) is 5.91 Å². The number of carboxylic acids is 1. The average Bonchev–Trinajstić information content (AvgIpc) is 2.47. The summed E-state index contributed by atoms with van der Waals surface area (Å²) in [4.78, 5) is 35.5. The van der Waals surface area contributed by atoms with Crippen molar-refractivity contribution >= 4 is 29.2 Å². The van der Waals surface area contributed by atoms with E-state index in [0.717, 1.165) is 11.1 Å². The third-order valence-electron chi connectivity index (χ3n) is 2.83. The number of hydrogen-bond acceptors (Lipinski definition) is 5. The van der Waals surface area contributed by atoms with Gasteiger partial charge in [0.15, 0.2) is 0 Å². The first-order valence-corrected chi connectivity index (χ1v) is 6.57. The van der Waals surface area contributed by atoms with Gasteiger partial charge in [-0.3, -0.25) is 19.3 Å². The highest BCUT2D eigenvalue weighted by Crippen LogP contribution is 2.19. The molecule has 0 heterocycles. The van der Waals surface area contributed by atoms with Crippen LogP contribution in [0, 0.1) is 11.3 Å². The lowest BCUT2D eigenvalue weighted by Gasteiger charge is -2.18. The molecule has 4 N–H and O–H groups in total. The Morgan fingerprint density at radius 2 is 2.09 bits per heavy atom. The molecule has 1 aromatic carbocycles. The number of aliphatic carboxylic acids is 1. The monoisotopic (exact) mass is 316 g/mol. The van der Waals surface area contributed by atoms with E-state index in [4.69, 9.17) is 16.1 Å². The van der Waals surface area contributed by atoms with Gasteiger partial charge >= 0.3 is 5.97 Å². The molecule has 0 bridgehead atoms. The molecule has 0 saturated carbocycles. The third kappa shape index (κ3) is 4.86. The van der Waals surface area contributed by atoms with E-state index in [0.29, 0.717) is 11.4 Å². The second kappa shape index (κ2) is 7.61. The molecule has 0 fully saturated rings. The zero-order valence-corrected chi connectivity index (χ0v) is 12.6. The van der Waals surface area contributed by atoms with Gasteiger partial charge in [0.1, 0.15) is 17.7 Å². The maximum Gasteiger partial charge on any atom is 0.325 e. The highest BCUT2D eigenvalue weighted by Gasteiger charge is 2.19. The number of benzene rings is 1. The lowest BCUT2D eigenvalue weighted by atomic mass is 10.2. The number of anilines is 2. The molecule has 0 aliphatic rings. The van der Waals surface area contributed by atoms with E-state index < -0.39 is 29.4 Å². The van der Waals surface area contributed by atoms with Gasteiger partial charge in [-0.05, 0) is 25.1 Å². The summed E-state index contributed by atoms with van der Waals surface area (Å²) in [5.41, 5.74) is 6.03. The summed E-state index contributed by atoms with van der Waals surface area (Å²) in [5.74, 6) is -2.57. The molecule has 23 heavy (non-hydrogen) atoms. The second-order valence-electron chi connectivity index (χ2n) is 4.67. The Balaban J connectivity index is 3.14. The van der Waals surface area contributed by atoms with E-state index in [9.17, 15) is 14.4 Å². The van der Waals surface area contributed by atoms with Crippen LogP contribution in [0.4, 0.5) is 11.4 Å². The van der Waals surface area contributed by atoms with Crippen LogP contribution < -0.4 is 16.0 Å². The lowest BCUT2D eigenvalue weighted by molar-refractivity contribution is -0.140. The van der Waals surface area contributed by atoms with Crippen LogP contribution in [0.1, 0.15) is 13.8 Å². The summed E-state index contributed by atoms with van der Waals surface area (Å²) in [6.45, 7) is 2.52. The van der Waals surface area contributed by atoms with Crippen molar-refractivity contribution in [3.05, 3.63) is 36.0 Å². The summed E-state index contributed by atoms with van der Waals surface area (Å²) in [6, 6.07) is 6.81. The van der Waals surface area contributed by atoms with Crippen LogP contribution in [0.25, 0.3) is 0 Å². The first kappa shape index (κ1) is 17.7. The fourth-order valence-electron chi connectivity index (χ4n) is 1.63. The van der Waals surface area contributed by atoms with Crippen LogP contribution in [0.15, 0.2) is 36.0 Å². The highest BCUT2D eigenvalue weighted by atomic mass is 16.4. The number of nitrogens with zero attached hydrogens (tertiary/aromatic N) is 2. The highest BCUT2D eigenvalue weighted by molar-refractivity contribution is 6.02. The molecule has 0 aliphatic heterocycles. The van der Waals surface area contributed by atoms with Gasteiger partial charge < -0.3 is 16.2 Å². The molecule has 1 aromatic rings. The summed E-state index contributed by atoms with van der Waals surface area (Å²) < 4.78 is 0. The fourth-order valence-corrected chi connectivity index (χ4v) is 1.63. The van der Waals surface area contributed by atoms with Crippen LogP contribution in [0.2, 0.25) is 0 Å². The van der Waals surface area contributed by atoms with E-state index in [1.807, 2.05) is 0 Å². The molecule has 0 aromatic heterocycles. The Kier molecular flexibility index (Phi) is 5.86. The molecule has 120 valence electrons. The molecule has 0 saturated heterocycles. The van der Waals surface area contributed by atoms with Gasteiger partial charge in [-0.1, -0.05) is 6.07 Å². The Morgan fingerprint density at radius 1 is 1.43 bits per heavy atom. The van der Waals surface area contributed by atoms with Crippen molar-refractivity contribution in [2.45, 2.75) is 19.9 Å². The lowest BCUT2D eigenvalue weighted by Crippen LogP contribution is -2.39. The predicted molar refractivity (Wildman–Crippen MR) is 83.0 cm³/mol. The van der Waals surface area contributed by atoms with Crippen molar-refractivity contribution in [1.29, 1.82) is 5.26 Å². The summed E-state index contributed by atoms with van der Waals surface area (Å²) in [5, 5.41) is 20.0. The topological polar surface area (TPSA) is 137 Å². The quantitative estimate of drug-likeness (QED) is 0.414. The fraction of sp³-hybridized carbons (Fsp3) is 0.200. The molecule has 1 atom stereocenters. The van der Waals surface area contributed by atoms with Gasteiger partial charge in [0.05, 0.1) is 5.69 Å². The van der Waals surface area contributed by atoms with E-state index >= 15 is 0 Å². The minimum atomic E-state index is -1.24. The summed E-state index contributed by atoms with van der Waals surface area (Å²) in [7, 11) is 0. The first-order chi connectivity index (χ1) is 10.8. The number of carbonyl (C=O) groups is 3. The van der Waals surface area contributed by atoms with Gasteiger partial charge in [-0.2, -0.15) is 5.26 Å². The first-order valence-electron chi connectivity index (χ1n) is 6.57. The van der Waals surface area contributed by atoms with Crippen molar-refractivity contribution < 1.29 is 19.5 Å². The number of carbonyl (C=O) groups excluding carboxylic acids is 2. The van der Waals surface area contributed by atoms with Crippen molar-refractivity contribution in [1.82, 2.24) is 5.32 Å². The molecule has 0 aliphatic carbocycles. The molecular weight excluding hydrogens is 300 g/mol. The van der Waals surface area contributed by atoms with Crippen LogP contribution in [0.3, 0.4) is 0 Å². The number of rotatable bonds is 5. The Bertz CT molecular complexity index is 706. The number of nitrogen functional groups attached to an aromatic ring is 1. The Labute approximate surface area is 132 Å². The second-order valence-corrected chi connectivity index (χ2v) is 4.67. The number of amides is 2. The van der Waals surface area contributed by atoms with Crippen LogP contribution in [-0.4, -0.2) is 28.9 Å². The predicted octanol–water partition coefficient (Wildman–Crippen LogP) is 0.618.